The van der Waals surface area contributed by atoms with Crippen molar-refractivity contribution in [3.8, 4) is 0 Å². The van der Waals surface area contributed by atoms with Gasteiger partial charge in [-0.1, -0.05) is 6.92 Å². The second kappa shape index (κ2) is 6.38. The average molecular weight is 252 g/mol. The molecule has 1 rings (SSSR count). The fourth-order valence-electron chi connectivity index (χ4n) is 2.23. The summed E-state index contributed by atoms with van der Waals surface area (Å²) in [6, 6.07) is 0. The maximum Gasteiger partial charge on any atom is 0.411 e. The maximum absolute atomic E-state index is 11.8. The van der Waals surface area contributed by atoms with Crippen molar-refractivity contribution < 1.29 is 22.7 Å². The van der Waals surface area contributed by atoms with E-state index >= 15 is 0 Å². The van der Waals surface area contributed by atoms with Gasteiger partial charge in [-0.05, 0) is 31.6 Å². The highest BCUT2D eigenvalue weighted by Crippen LogP contribution is 2.29. The summed E-state index contributed by atoms with van der Waals surface area (Å²) in [5.41, 5.74) is 0. The van der Waals surface area contributed by atoms with Crippen molar-refractivity contribution in [1.82, 2.24) is 0 Å². The van der Waals surface area contributed by atoms with E-state index in [0.29, 0.717) is 25.2 Å². The number of halogens is 3. The molecule has 0 aliphatic heterocycles. The van der Waals surface area contributed by atoms with Crippen LogP contribution in [0.25, 0.3) is 0 Å². The predicted molar refractivity (Wildman–Crippen MR) is 57.6 cm³/mol. The second-order valence-corrected chi connectivity index (χ2v) is 4.85. The highest BCUT2D eigenvalue weighted by atomic mass is 19.4. The topological polar surface area (TPSA) is 26.3 Å². The number of carbonyl (C=O) groups excluding carboxylic acids is 1. The number of hydrogen-bond donors (Lipinski definition) is 0. The third-order valence-electron chi connectivity index (χ3n) is 3.13. The number of carbonyl (C=O) groups is 1. The zero-order valence-corrected chi connectivity index (χ0v) is 10.1. The van der Waals surface area contributed by atoms with Crippen molar-refractivity contribution in [2.75, 3.05) is 13.2 Å². The summed E-state index contributed by atoms with van der Waals surface area (Å²) < 4.78 is 39.8. The smallest absolute Gasteiger partial charge is 0.372 e. The molecule has 0 aromatic heterocycles. The summed E-state index contributed by atoms with van der Waals surface area (Å²) in [5.74, 6) is 0.848. The van der Waals surface area contributed by atoms with E-state index in [1.807, 2.05) is 0 Å². The molecule has 2 atom stereocenters. The molecular weight excluding hydrogens is 233 g/mol. The van der Waals surface area contributed by atoms with Gasteiger partial charge in [0.1, 0.15) is 12.4 Å². The van der Waals surface area contributed by atoms with E-state index in [0.717, 1.165) is 12.8 Å². The van der Waals surface area contributed by atoms with Crippen LogP contribution in [0.1, 0.15) is 39.0 Å². The highest BCUT2D eigenvalue weighted by molar-refractivity contribution is 5.81. The Kier molecular flexibility index (Phi) is 5.43. The van der Waals surface area contributed by atoms with Crippen molar-refractivity contribution in [3.63, 3.8) is 0 Å². The van der Waals surface area contributed by atoms with Crippen LogP contribution in [0.5, 0.6) is 0 Å². The monoisotopic (exact) mass is 252 g/mol. The third kappa shape index (κ3) is 6.05. The van der Waals surface area contributed by atoms with Crippen LogP contribution in [-0.2, 0) is 9.53 Å². The number of ether oxygens (including phenoxy) is 1. The van der Waals surface area contributed by atoms with Gasteiger partial charge < -0.3 is 4.74 Å². The van der Waals surface area contributed by atoms with Crippen LogP contribution in [0.3, 0.4) is 0 Å². The van der Waals surface area contributed by atoms with Gasteiger partial charge in [0.2, 0.25) is 0 Å². The minimum Gasteiger partial charge on any atom is -0.372 e. The zero-order valence-electron chi connectivity index (χ0n) is 10.1. The SMILES string of the molecule is CC1CCC(=O)C(CCCOCC(F)(F)F)C1. The first-order chi connectivity index (χ1) is 7.88. The Hall–Kier alpha value is -0.580. The van der Waals surface area contributed by atoms with Gasteiger partial charge in [0.15, 0.2) is 0 Å². The maximum atomic E-state index is 11.8. The van der Waals surface area contributed by atoms with Crippen molar-refractivity contribution in [3.05, 3.63) is 0 Å². The predicted octanol–water partition coefficient (Wildman–Crippen LogP) is 3.35. The summed E-state index contributed by atoms with van der Waals surface area (Å²) in [7, 11) is 0. The normalized spacial score (nSPS) is 26.2. The Morgan fingerprint density at radius 3 is 2.76 bits per heavy atom. The van der Waals surface area contributed by atoms with Gasteiger partial charge in [0.05, 0.1) is 0 Å². The van der Waals surface area contributed by atoms with E-state index in [-0.39, 0.29) is 18.3 Å². The average Bonchev–Trinajstić information content (AvgIpc) is 2.21. The number of rotatable bonds is 5. The first-order valence-corrected chi connectivity index (χ1v) is 6.05. The van der Waals surface area contributed by atoms with Gasteiger partial charge in [-0.25, -0.2) is 0 Å². The molecule has 0 heterocycles. The van der Waals surface area contributed by atoms with Crippen molar-refractivity contribution in [2.45, 2.75) is 45.2 Å². The number of Topliss-reactive ketones (excluding diaryl/α,β-unsaturated/α-hetero) is 1. The second-order valence-electron chi connectivity index (χ2n) is 4.85. The third-order valence-corrected chi connectivity index (χ3v) is 3.13. The molecule has 5 heteroatoms. The van der Waals surface area contributed by atoms with E-state index in [2.05, 4.69) is 11.7 Å². The largest absolute Gasteiger partial charge is 0.411 e. The summed E-state index contributed by atoms with van der Waals surface area (Å²) in [5, 5.41) is 0. The lowest BCUT2D eigenvalue weighted by Crippen LogP contribution is -2.24. The molecule has 1 saturated carbocycles. The lowest BCUT2D eigenvalue weighted by Gasteiger charge is -2.25. The Morgan fingerprint density at radius 2 is 2.12 bits per heavy atom. The standard InChI is InChI=1S/C12H19F3O2/c1-9-4-5-11(16)10(7-9)3-2-6-17-8-12(13,14)15/h9-10H,2-8H2,1H3. The molecule has 17 heavy (non-hydrogen) atoms. The molecule has 2 nitrogen and oxygen atoms in total. The van der Waals surface area contributed by atoms with E-state index in [4.69, 9.17) is 0 Å². The summed E-state index contributed by atoms with van der Waals surface area (Å²) in [6.07, 6.45) is -0.636. The van der Waals surface area contributed by atoms with Crippen LogP contribution in [0.2, 0.25) is 0 Å². The van der Waals surface area contributed by atoms with Crippen molar-refractivity contribution in [1.29, 1.82) is 0 Å². The summed E-state index contributed by atoms with van der Waals surface area (Å²) in [6.45, 7) is 0.999. The Bertz CT molecular complexity index is 251. The molecule has 0 saturated heterocycles. The van der Waals surface area contributed by atoms with E-state index in [1.54, 1.807) is 0 Å². The van der Waals surface area contributed by atoms with Crippen molar-refractivity contribution >= 4 is 5.78 Å². The summed E-state index contributed by atoms with van der Waals surface area (Å²) in [4.78, 5) is 11.5. The first kappa shape index (κ1) is 14.5. The van der Waals surface area contributed by atoms with Crippen LogP contribution >= 0.6 is 0 Å². The highest BCUT2D eigenvalue weighted by Gasteiger charge is 2.28. The van der Waals surface area contributed by atoms with Crippen LogP contribution in [0.4, 0.5) is 13.2 Å². The molecule has 1 aliphatic carbocycles. The molecule has 0 aromatic carbocycles. The van der Waals surface area contributed by atoms with Gasteiger partial charge in [0, 0.05) is 18.9 Å². The first-order valence-electron chi connectivity index (χ1n) is 6.05. The zero-order chi connectivity index (χ0) is 12.9. The van der Waals surface area contributed by atoms with E-state index in [9.17, 15) is 18.0 Å². The van der Waals surface area contributed by atoms with Crippen LogP contribution < -0.4 is 0 Å². The van der Waals surface area contributed by atoms with Gasteiger partial charge in [0.25, 0.3) is 0 Å². The van der Waals surface area contributed by atoms with Crippen LogP contribution in [-0.4, -0.2) is 25.2 Å². The van der Waals surface area contributed by atoms with Crippen molar-refractivity contribution in [2.24, 2.45) is 11.8 Å². The minimum absolute atomic E-state index is 0.0354. The molecule has 1 aliphatic rings. The van der Waals surface area contributed by atoms with Gasteiger partial charge in [-0.15, -0.1) is 0 Å². The fourth-order valence-corrected chi connectivity index (χ4v) is 2.23. The minimum atomic E-state index is -4.25. The number of ketones is 1. The quantitative estimate of drug-likeness (QED) is 0.701. The molecule has 0 bridgehead atoms. The van der Waals surface area contributed by atoms with Gasteiger partial charge in [-0.3, -0.25) is 4.79 Å². The Balaban J connectivity index is 2.11. The van der Waals surface area contributed by atoms with Crippen LogP contribution in [0, 0.1) is 11.8 Å². The molecule has 0 spiro atoms. The van der Waals surface area contributed by atoms with E-state index in [1.165, 1.54) is 0 Å². The molecular formula is C12H19F3O2. The molecule has 1 fully saturated rings. The van der Waals surface area contributed by atoms with Gasteiger partial charge in [-0.2, -0.15) is 13.2 Å². The fraction of sp³-hybridized carbons (Fsp3) is 0.917. The van der Waals surface area contributed by atoms with Gasteiger partial charge >= 0.3 is 6.18 Å². The summed E-state index contributed by atoms with van der Waals surface area (Å²) >= 11 is 0. The molecule has 0 amide bonds. The number of alkyl halides is 3. The van der Waals surface area contributed by atoms with E-state index < -0.39 is 12.8 Å². The molecule has 0 radical (unpaired) electrons. The molecule has 100 valence electrons. The Labute approximate surface area is 99.5 Å². The molecule has 2 unspecified atom stereocenters. The van der Waals surface area contributed by atoms with Crippen LogP contribution in [0.15, 0.2) is 0 Å². The lowest BCUT2D eigenvalue weighted by atomic mass is 9.79. The lowest BCUT2D eigenvalue weighted by molar-refractivity contribution is -0.174. The molecule has 0 aromatic rings. The number of hydrogen-bond acceptors (Lipinski definition) is 2. The molecule has 0 N–H and O–H groups in total. The Morgan fingerprint density at radius 1 is 1.41 bits per heavy atom.